The average molecular weight is 287 g/mol. The number of hydrogen-bond donors (Lipinski definition) is 0. The molecule has 0 saturated carbocycles. The van der Waals surface area contributed by atoms with E-state index in [9.17, 15) is 13.6 Å². The summed E-state index contributed by atoms with van der Waals surface area (Å²) >= 11 is 0. The Labute approximate surface area is 122 Å². The SMILES string of the molecule is CCC(=O)N1Cc2ccc(-c3ccc(F)cc3F)cc2C1. The lowest BCUT2D eigenvalue weighted by Gasteiger charge is -2.13. The van der Waals surface area contributed by atoms with Gasteiger partial charge < -0.3 is 4.90 Å². The van der Waals surface area contributed by atoms with Crippen LogP contribution in [0, 0.1) is 11.6 Å². The van der Waals surface area contributed by atoms with Crippen LogP contribution in [-0.4, -0.2) is 10.8 Å². The fourth-order valence-corrected chi connectivity index (χ4v) is 2.69. The molecule has 1 aliphatic heterocycles. The molecule has 0 aromatic heterocycles. The van der Waals surface area contributed by atoms with Crippen LogP contribution in [-0.2, 0) is 17.9 Å². The Morgan fingerprint density at radius 2 is 1.86 bits per heavy atom. The van der Waals surface area contributed by atoms with E-state index in [0.29, 0.717) is 30.6 Å². The van der Waals surface area contributed by atoms with Crippen molar-refractivity contribution in [1.82, 2.24) is 4.90 Å². The Bertz CT molecular complexity index is 712. The zero-order chi connectivity index (χ0) is 15.0. The first-order valence-corrected chi connectivity index (χ1v) is 6.93. The van der Waals surface area contributed by atoms with Crippen LogP contribution < -0.4 is 0 Å². The normalized spacial score (nSPS) is 13.4. The molecule has 0 fully saturated rings. The number of halogens is 2. The van der Waals surface area contributed by atoms with E-state index in [0.717, 1.165) is 17.2 Å². The summed E-state index contributed by atoms with van der Waals surface area (Å²) in [7, 11) is 0. The third-order valence-electron chi connectivity index (χ3n) is 3.83. The van der Waals surface area contributed by atoms with E-state index in [1.54, 1.807) is 4.90 Å². The highest BCUT2D eigenvalue weighted by atomic mass is 19.1. The second-order valence-corrected chi connectivity index (χ2v) is 5.21. The number of carbonyl (C=O) groups is 1. The second-order valence-electron chi connectivity index (χ2n) is 5.21. The maximum Gasteiger partial charge on any atom is 0.222 e. The molecule has 0 saturated heterocycles. The van der Waals surface area contributed by atoms with Crippen LogP contribution in [0.15, 0.2) is 36.4 Å². The molecule has 108 valence electrons. The van der Waals surface area contributed by atoms with Gasteiger partial charge in [-0.15, -0.1) is 0 Å². The summed E-state index contributed by atoms with van der Waals surface area (Å²) in [6.07, 6.45) is 0.480. The van der Waals surface area contributed by atoms with Crippen LogP contribution in [0.2, 0.25) is 0 Å². The van der Waals surface area contributed by atoms with Crippen molar-refractivity contribution in [2.75, 3.05) is 0 Å². The molecule has 4 heteroatoms. The van der Waals surface area contributed by atoms with E-state index in [1.165, 1.54) is 12.1 Å². The van der Waals surface area contributed by atoms with Crippen molar-refractivity contribution >= 4 is 5.91 Å². The van der Waals surface area contributed by atoms with Gasteiger partial charge in [0.1, 0.15) is 11.6 Å². The summed E-state index contributed by atoms with van der Waals surface area (Å²) in [4.78, 5) is 13.5. The predicted octanol–water partition coefficient (Wildman–Crippen LogP) is 3.88. The van der Waals surface area contributed by atoms with Crippen LogP contribution in [0.5, 0.6) is 0 Å². The maximum absolute atomic E-state index is 13.8. The van der Waals surface area contributed by atoms with Crippen molar-refractivity contribution in [2.24, 2.45) is 0 Å². The first-order chi connectivity index (χ1) is 10.1. The summed E-state index contributed by atoms with van der Waals surface area (Å²) in [5, 5.41) is 0. The fourth-order valence-electron chi connectivity index (χ4n) is 2.69. The summed E-state index contributed by atoms with van der Waals surface area (Å²) in [6, 6.07) is 9.18. The van der Waals surface area contributed by atoms with Crippen molar-refractivity contribution in [3.8, 4) is 11.1 Å². The Morgan fingerprint density at radius 3 is 2.57 bits per heavy atom. The molecule has 1 aliphatic rings. The molecule has 2 nitrogen and oxygen atoms in total. The van der Waals surface area contributed by atoms with E-state index in [1.807, 2.05) is 25.1 Å². The summed E-state index contributed by atoms with van der Waals surface area (Å²) < 4.78 is 26.8. The topological polar surface area (TPSA) is 20.3 Å². The van der Waals surface area contributed by atoms with Gasteiger partial charge >= 0.3 is 0 Å². The zero-order valence-electron chi connectivity index (χ0n) is 11.7. The number of nitrogens with zero attached hydrogens (tertiary/aromatic N) is 1. The smallest absolute Gasteiger partial charge is 0.222 e. The van der Waals surface area contributed by atoms with Crippen LogP contribution in [0.1, 0.15) is 24.5 Å². The summed E-state index contributed by atoms with van der Waals surface area (Å²) in [6.45, 7) is 3.00. The van der Waals surface area contributed by atoms with Gasteiger partial charge in [0.2, 0.25) is 5.91 Å². The molecule has 0 unspecified atom stereocenters. The molecule has 0 bridgehead atoms. The highest BCUT2D eigenvalue weighted by Crippen LogP contribution is 2.30. The molecule has 2 aromatic carbocycles. The van der Waals surface area contributed by atoms with Crippen LogP contribution in [0.4, 0.5) is 8.78 Å². The largest absolute Gasteiger partial charge is 0.334 e. The lowest BCUT2D eigenvalue weighted by atomic mass is 10.0. The number of carbonyl (C=O) groups excluding carboxylic acids is 1. The minimum Gasteiger partial charge on any atom is -0.334 e. The van der Waals surface area contributed by atoms with E-state index < -0.39 is 11.6 Å². The monoisotopic (exact) mass is 287 g/mol. The number of rotatable bonds is 2. The first kappa shape index (κ1) is 13.7. The molecule has 1 amide bonds. The minimum atomic E-state index is -0.586. The van der Waals surface area contributed by atoms with Crippen molar-refractivity contribution < 1.29 is 13.6 Å². The van der Waals surface area contributed by atoms with Crippen LogP contribution in [0.25, 0.3) is 11.1 Å². The number of hydrogen-bond acceptors (Lipinski definition) is 1. The Hall–Kier alpha value is -2.23. The minimum absolute atomic E-state index is 0.112. The van der Waals surface area contributed by atoms with E-state index in [4.69, 9.17) is 0 Å². The van der Waals surface area contributed by atoms with Crippen molar-refractivity contribution in [3.05, 3.63) is 59.2 Å². The molecule has 2 aromatic rings. The van der Waals surface area contributed by atoms with Crippen LogP contribution in [0.3, 0.4) is 0 Å². The maximum atomic E-state index is 13.8. The molecule has 0 radical (unpaired) electrons. The van der Waals surface area contributed by atoms with Crippen molar-refractivity contribution in [2.45, 2.75) is 26.4 Å². The summed E-state index contributed by atoms with van der Waals surface area (Å²) in [5.74, 6) is -1.05. The Morgan fingerprint density at radius 1 is 1.10 bits per heavy atom. The van der Waals surface area contributed by atoms with Crippen LogP contribution >= 0.6 is 0 Å². The number of fused-ring (bicyclic) bond motifs is 1. The quantitative estimate of drug-likeness (QED) is 0.820. The number of amides is 1. The van der Waals surface area contributed by atoms with Gasteiger partial charge in [0.15, 0.2) is 0 Å². The molecule has 0 aliphatic carbocycles. The molecule has 0 spiro atoms. The summed E-state index contributed by atoms with van der Waals surface area (Å²) in [5.41, 5.74) is 3.19. The van der Waals surface area contributed by atoms with Crippen molar-refractivity contribution in [1.29, 1.82) is 0 Å². The van der Waals surface area contributed by atoms with Gasteiger partial charge in [-0.25, -0.2) is 8.78 Å². The lowest BCUT2D eigenvalue weighted by Crippen LogP contribution is -2.23. The molecule has 1 heterocycles. The van der Waals surface area contributed by atoms with E-state index in [-0.39, 0.29) is 5.91 Å². The van der Waals surface area contributed by atoms with Gasteiger partial charge in [0, 0.05) is 31.1 Å². The lowest BCUT2D eigenvalue weighted by molar-refractivity contribution is -0.131. The third kappa shape index (κ3) is 2.53. The van der Waals surface area contributed by atoms with Gasteiger partial charge in [-0.1, -0.05) is 19.1 Å². The Balaban J connectivity index is 1.94. The van der Waals surface area contributed by atoms with Gasteiger partial charge in [-0.3, -0.25) is 4.79 Å². The highest BCUT2D eigenvalue weighted by molar-refractivity contribution is 5.77. The molecular weight excluding hydrogens is 272 g/mol. The molecular formula is C17H15F2NO. The van der Waals surface area contributed by atoms with Gasteiger partial charge in [0.05, 0.1) is 0 Å². The number of benzene rings is 2. The second kappa shape index (κ2) is 5.28. The first-order valence-electron chi connectivity index (χ1n) is 6.93. The third-order valence-corrected chi connectivity index (χ3v) is 3.83. The Kier molecular flexibility index (Phi) is 3.45. The average Bonchev–Trinajstić information content (AvgIpc) is 2.89. The van der Waals surface area contributed by atoms with Gasteiger partial charge in [-0.2, -0.15) is 0 Å². The predicted molar refractivity (Wildman–Crippen MR) is 76.3 cm³/mol. The molecule has 0 atom stereocenters. The van der Waals surface area contributed by atoms with Gasteiger partial charge in [-0.05, 0) is 34.9 Å². The highest BCUT2D eigenvalue weighted by Gasteiger charge is 2.22. The zero-order valence-corrected chi connectivity index (χ0v) is 11.7. The molecule has 21 heavy (non-hydrogen) atoms. The van der Waals surface area contributed by atoms with Gasteiger partial charge in [0.25, 0.3) is 0 Å². The standard InChI is InChI=1S/C17H15F2NO/c1-2-17(21)20-9-12-4-3-11(7-13(12)10-20)15-6-5-14(18)8-16(15)19/h3-8H,2,9-10H2,1H3. The molecule has 3 rings (SSSR count). The van der Waals surface area contributed by atoms with Crippen molar-refractivity contribution in [3.63, 3.8) is 0 Å². The van der Waals surface area contributed by atoms with E-state index >= 15 is 0 Å². The molecule has 0 N–H and O–H groups in total. The fraction of sp³-hybridized carbons (Fsp3) is 0.235. The van der Waals surface area contributed by atoms with E-state index in [2.05, 4.69) is 0 Å².